The zero-order chi connectivity index (χ0) is 12.9. The first kappa shape index (κ1) is 12.2. The van der Waals surface area contributed by atoms with Crippen LogP contribution in [0.5, 0.6) is 0 Å². The summed E-state index contributed by atoms with van der Waals surface area (Å²) < 4.78 is 32.5. The molecule has 2 bridgehead atoms. The van der Waals surface area contributed by atoms with E-state index in [1.165, 1.54) is 12.8 Å². The van der Waals surface area contributed by atoms with Crippen molar-refractivity contribution in [3.05, 3.63) is 11.5 Å². The molecule has 3 rings (SSSR count). The predicted octanol–water partition coefficient (Wildman–Crippen LogP) is 1.76. The van der Waals surface area contributed by atoms with Crippen LogP contribution in [0.25, 0.3) is 0 Å². The summed E-state index contributed by atoms with van der Waals surface area (Å²) in [5.74, 6) is 1.60. The predicted molar refractivity (Wildman–Crippen MR) is 65.5 cm³/mol. The minimum atomic E-state index is -3.49. The van der Waals surface area contributed by atoms with Crippen LogP contribution in [0.4, 0.5) is 0 Å². The van der Waals surface area contributed by atoms with E-state index in [2.05, 4.69) is 9.88 Å². The molecule has 1 aromatic rings. The van der Waals surface area contributed by atoms with Gasteiger partial charge in [-0.15, -0.1) is 0 Å². The summed E-state index contributed by atoms with van der Waals surface area (Å²) in [4.78, 5) is 0.213. The van der Waals surface area contributed by atoms with Crippen LogP contribution < -0.4 is 4.72 Å². The fraction of sp³-hybridized carbons (Fsp3) is 0.750. The van der Waals surface area contributed by atoms with Crippen molar-refractivity contribution in [3.8, 4) is 0 Å². The van der Waals surface area contributed by atoms with Gasteiger partial charge in [-0.25, -0.2) is 13.1 Å². The first-order valence-electron chi connectivity index (χ1n) is 6.42. The molecule has 1 heterocycles. The van der Waals surface area contributed by atoms with Crippen LogP contribution >= 0.6 is 0 Å². The molecule has 0 aliphatic heterocycles. The number of nitrogens with one attached hydrogen (secondary N) is 1. The minimum absolute atomic E-state index is 0.0995. The molecule has 0 aromatic carbocycles. The van der Waals surface area contributed by atoms with E-state index >= 15 is 0 Å². The summed E-state index contributed by atoms with van der Waals surface area (Å²) in [5.41, 5.74) is 0.433. The Hall–Kier alpha value is -0.880. The number of hydrogen-bond donors (Lipinski definition) is 1. The summed E-state index contributed by atoms with van der Waals surface area (Å²) in [5, 5.41) is 3.71. The van der Waals surface area contributed by atoms with E-state index in [4.69, 9.17) is 4.52 Å². The quantitative estimate of drug-likeness (QED) is 0.908. The molecule has 6 heteroatoms. The molecule has 3 atom stereocenters. The number of aryl methyl sites for hydroxylation is 2. The van der Waals surface area contributed by atoms with Gasteiger partial charge in [-0.1, -0.05) is 11.6 Å². The largest absolute Gasteiger partial charge is 0.360 e. The van der Waals surface area contributed by atoms with Crippen LogP contribution in [0.2, 0.25) is 0 Å². The second-order valence-electron chi connectivity index (χ2n) is 5.56. The molecule has 0 unspecified atom stereocenters. The Balaban J connectivity index is 1.84. The van der Waals surface area contributed by atoms with Gasteiger partial charge in [0.2, 0.25) is 10.0 Å². The van der Waals surface area contributed by atoms with Gasteiger partial charge in [0.1, 0.15) is 10.6 Å². The van der Waals surface area contributed by atoms with Gasteiger partial charge in [-0.2, -0.15) is 0 Å². The van der Waals surface area contributed by atoms with Crippen LogP contribution in [0.3, 0.4) is 0 Å². The van der Waals surface area contributed by atoms with Gasteiger partial charge in [0.15, 0.2) is 5.76 Å². The van der Waals surface area contributed by atoms with Crippen molar-refractivity contribution < 1.29 is 12.9 Å². The SMILES string of the molecule is Cc1noc(C)c1S(=O)(=O)N[C@H]1C[C@@H]2CC[C@@H]1C2. The van der Waals surface area contributed by atoms with E-state index in [1.807, 2.05) is 0 Å². The zero-order valence-electron chi connectivity index (χ0n) is 10.6. The van der Waals surface area contributed by atoms with Gasteiger partial charge in [0, 0.05) is 6.04 Å². The number of hydrogen-bond acceptors (Lipinski definition) is 4. The van der Waals surface area contributed by atoms with Crippen LogP contribution in [-0.2, 0) is 10.0 Å². The molecule has 2 fully saturated rings. The van der Waals surface area contributed by atoms with E-state index in [0.29, 0.717) is 23.3 Å². The fourth-order valence-electron chi connectivity index (χ4n) is 3.51. The van der Waals surface area contributed by atoms with E-state index in [-0.39, 0.29) is 10.9 Å². The highest BCUT2D eigenvalue weighted by Gasteiger charge is 2.42. The summed E-state index contributed by atoms with van der Waals surface area (Å²) >= 11 is 0. The number of aromatic nitrogens is 1. The number of sulfonamides is 1. The maximum absolute atomic E-state index is 12.4. The minimum Gasteiger partial charge on any atom is -0.360 e. The van der Waals surface area contributed by atoms with Gasteiger partial charge < -0.3 is 4.52 Å². The average Bonchev–Trinajstić information content (AvgIpc) is 2.93. The molecule has 18 heavy (non-hydrogen) atoms. The van der Waals surface area contributed by atoms with Gasteiger partial charge >= 0.3 is 0 Å². The van der Waals surface area contributed by atoms with Crippen molar-refractivity contribution >= 4 is 10.0 Å². The van der Waals surface area contributed by atoms with Gasteiger partial charge in [-0.3, -0.25) is 0 Å². The van der Waals surface area contributed by atoms with Crippen molar-refractivity contribution in [2.45, 2.75) is 50.5 Å². The molecule has 2 aliphatic carbocycles. The van der Waals surface area contributed by atoms with Crippen molar-refractivity contribution in [3.63, 3.8) is 0 Å². The molecule has 1 aromatic heterocycles. The van der Waals surface area contributed by atoms with Gasteiger partial charge in [0.05, 0.1) is 0 Å². The summed E-state index contributed by atoms with van der Waals surface area (Å²) in [6.07, 6.45) is 4.57. The molecular weight excluding hydrogens is 252 g/mol. The van der Waals surface area contributed by atoms with E-state index in [0.717, 1.165) is 12.8 Å². The number of rotatable bonds is 3. The second-order valence-corrected chi connectivity index (χ2v) is 7.21. The third-order valence-corrected chi connectivity index (χ3v) is 6.01. The molecule has 0 saturated heterocycles. The van der Waals surface area contributed by atoms with Crippen LogP contribution in [-0.4, -0.2) is 19.6 Å². The molecule has 0 amide bonds. The number of fused-ring (bicyclic) bond motifs is 2. The van der Waals surface area contributed by atoms with Gasteiger partial charge in [-0.05, 0) is 44.9 Å². The maximum atomic E-state index is 12.4. The highest BCUT2D eigenvalue weighted by atomic mass is 32.2. The maximum Gasteiger partial charge on any atom is 0.246 e. The molecule has 5 nitrogen and oxygen atoms in total. The summed E-state index contributed by atoms with van der Waals surface area (Å²) in [6, 6.07) is 0.0995. The van der Waals surface area contributed by atoms with Crippen molar-refractivity contribution in [2.24, 2.45) is 11.8 Å². The van der Waals surface area contributed by atoms with Crippen LogP contribution in [0.1, 0.15) is 37.1 Å². The molecule has 100 valence electrons. The highest BCUT2D eigenvalue weighted by Crippen LogP contribution is 2.44. The van der Waals surface area contributed by atoms with Crippen LogP contribution in [0.15, 0.2) is 9.42 Å². The van der Waals surface area contributed by atoms with Crippen molar-refractivity contribution in [2.75, 3.05) is 0 Å². The van der Waals surface area contributed by atoms with Crippen molar-refractivity contribution in [1.29, 1.82) is 0 Å². The topological polar surface area (TPSA) is 72.2 Å². The smallest absolute Gasteiger partial charge is 0.246 e. The Morgan fingerprint density at radius 1 is 1.28 bits per heavy atom. The lowest BCUT2D eigenvalue weighted by Gasteiger charge is -2.22. The molecule has 2 aliphatic rings. The normalized spacial score (nSPS) is 31.1. The first-order valence-corrected chi connectivity index (χ1v) is 7.91. The highest BCUT2D eigenvalue weighted by molar-refractivity contribution is 7.89. The van der Waals surface area contributed by atoms with Crippen molar-refractivity contribution in [1.82, 2.24) is 9.88 Å². The molecule has 0 spiro atoms. The van der Waals surface area contributed by atoms with E-state index in [9.17, 15) is 8.42 Å². The first-order chi connectivity index (χ1) is 8.47. The Kier molecular flexibility index (Phi) is 2.75. The second kappa shape index (κ2) is 4.06. The fourth-order valence-corrected chi connectivity index (χ4v) is 5.15. The molecule has 1 N–H and O–H groups in total. The third kappa shape index (κ3) is 1.87. The Morgan fingerprint density at radius 2 is 2.06 bits per heavy atom. The molecule has 2 saturated carbocycles. The lowest BCUT2D eigenvalue weighted by Crippen LogP contribution is -2.38. The van der Waals surface area contributed by atoms with Gasteiger partial charge in [0.25, 0.3) is 0 Å². The Morgan fingerprint density at radius 3 is 2.56 bits per heavy atom. The summed E-state index contributed by atoms with van der Waals surface area (Å²) in [6.45, 7) is 3.29. The number of nitrogens with zero attached hydrogens (tertiary/aromatic N) is 1. The zero-order valence-corrected chi connectivity index (χ0v) is 11.5. The molecular formula is C12H18N2O3S. The standard InChI is InChI=1S/C12H18N2O3S/c1-7-12(8(2)17-13-7)18(15,16)14-11-6-9-3-4-10(11)5-9/h9-11,14H,3-6H2,1-2H3/t9-,10-,11+/m1/s1. The van der Waals surface area contributed by atoms with E-state index < -0.39 is 10.0 Å². The lowest BCUT2D eigenvalue weighted by molar-refractivity contribution is 0.386. The Bertz CT molecular complexity index is 544. The average molecular weight is 270 g/mol. The molecule has 0 radical (unpaired) electrons. The Labute approximate surface area is 107 Å². The van der Waals surface area contributed by atoms with E-state index in [1.54, 1.807) is 13.8 Å². The lowest BCUT2D eigenvalue weighted by atomic mass is 9.96. The summed E-state index contributed by atoms with van der Waals surface area (Å²) in [7, 11) is -3.49. The van der Waals surface area contributed by atoms with Crippen LogP contribution in [0, 0.1) is 25.7 Å². The third-order valence-electron chi connectivity index (χ3n) is 4.28. The monoisotopic (exact) mass is 270 g/mol.